The lowest BCUT2D eigenvalue weighted by atomic mass is 9.88. The van der Waals surface area contributed by atoms with Gasteiger partial charge in [-0.15, -0.1) is 11.3 Å². The monoisotopic (exact) mass is 349 g/mol. The first-order chi connectivity index (χ1) is 11.4. The summed E-state index contributed by atoms with van der Waals surface area (Å²) in [6.45, 7) is 1.68. The summed E-state index contributed by atoms with van der Waals surface area (Å²) in [5, 5.41) is 13.8. The van der Waals surface area contributed by atoms with Gasteiger partial charge in [0.25, 0.3) is 5.91 Å². The van der Waals surface area contributed by atoms with Crippen molar-refractivity contribution in [3.63, 3.8) is 0 Å². The van der Waals surface area contributed by atoms with E-state index in [2.05, 4.69) is 5.32 Å². The Morgan fingerprint density at radius 3 is 2.50 bits per heavy atom. The molecule has 0 radical (unpaired) electrons. The molecule has 1 amide bonds. The minimum absolute atomic E-state index is 0.256. The molecule has 128 valence electrons. The van der Waals surface area contributed by atoms with Crippen molar-refractivity contribution in [3.05, 3.63) is 46.2 Å². The van der Waals surface area contributed by atoms with Gasteiger partial charge in [-0.2, -0.15) is 0 Å². The van der Waals surface area contributed by atoms with Crippen molar-refractivity contribution in [1.82, 2.24) is 5.32 Å². The van der Waals surface area contributed by atoms with Crippen LogP contribution < -0.4 is 14.8 Å². The molecule has 0 fully saturated rings. The molecule has 1 aromatic carbocycles. The van der Waals surface area contributed by atoms with E-state index in [1.165, 1.54) is 25.6 Å². The summed E-state index contributed by atoms with van der Waals surface area (Å²) in [7, 11) is 3.05. The molecule has 0 aliphatic heterocycles. The van der Waals surface area contributed by atoms with Crippen LogP contribution in [-0.4, -0.2) is 31.2 Å². The number of nitrogens with one attached hydrogen (secondary N) is 1. The second-order valence-corrected chi connectivity index (χ2v) is 6.35. The van der Waals surface area contributed by atoms with Gasteiger partial charge >= 0.3 is 5.97 Å². The van der Waals surface area contributed by atoms with Gasteiger partial charge in [0, 0.05) is 11.4 Å². The molecular weight excluding hydrogens is 330 g/mol. The molecule has 24 heavy (non-hydrogen) atoms. The summed E-state index contributed by atoms with van der Waals surface area (Å²) < 4.78 is 10.3. The Labute approximate surface area is 144 Å². The van der Waals surface area contributed by atoms with Gasteiger partial charge in [0.1, 0.15) is 11.5 Å². The third-order valence-electron chi connectivity index (χ3n) is 3.64. The number of hydrogen-bond acceptors (Lipinski definition) is 5. The summed E-state index contributed by atoms with van der Waals surface area (Å²) in [6, 6.07) is 8.62. The van der Waals surface area contributed by atoms with Crippen molar-refractivity contribution in [2.24, 2.45) is 0 Å². The van der Waals surface area contributed by atoms with Gasteiger partial charge in [-0.1, -0.05) is 12.1 Å². The van der Waals surface area contributed by atoms with Gasteiger partial charge < -0.3 is 19.9 Å². The zero-order chi connectivity index (χ0) is 17.7. The second kappa shape index (κ2) is 7.35. The topological polar surface area (TPSA) is 84.9 Å². The van der Waals surface area contributed by atoms with Gasteiger partial charge in [-0.25, -0.2) is 0 Å². The molecule has 2 rings (SSSR count). The average molecular weight is 349 g/mol. The molecule has 6 nitrogen and oxygen atoms in total. The first-order valence-electron chi connectivity index (χ1n) is 7.19. The average Bonchev–Trinajstić information content (AvgIpc) is 3.03. The molecular formula is C17H19NO5S. The maximum Gasteiger partial charge on any atom is 0.306 e. The van der Waals surface area contributed by atoms with Crippen molar-refractivity contribution >= 4 is 23.2 Å². The number of carbonyl (C=O) groups is 2. The number of carbonyl (C=O) groups excluding carboxylic acids is 1. The number of benzene rings is 1. The summed E-state index contributed by atoms with van der Waals surface area (Å²) in [5.41, 5.74) is -0.421. The predicted octanol–water partition coefficient (Wildman–Crippen LogP) is 2.89. The smallest absolute Gasteiger partial charge is 0.306 e. The van der Waals surface area contributed by atoms with Gasteiger partial charge in [0.15, 0.2) is 0 Å². The van der Waals surface area contributed by atoms with Crippen LogP contribution in [0.5, 0.6) is 11.5 Å². The number of rotatable bonds is 7. The van der Waals surface area contributed by atoms with Crippen LogP contribution in [0.3, 0.4) is 0 Å². The van der Waals surface area contributed by atoms with Gasteiger partial charge in [0.05, 0.1) is 31.1 Å². The van der Waals surface area contributed by atoms with E-state index >= 15 is 0 Å². The number of aliphatic carboxylic acids is 1. The Hall–Kier alpha value is -2.54. The predicted molar refractivity (Wildman–Crippen MR) is 90.9 cm³/mol. The number of hydrogen-bond donors (Lipinski definition) is 2. The second-order valence-electron chi connectivity index (χ2n) is 5.44. The van der Waals surface area contributed by atoms with E-state index in [1.54, 1.807) is 42.6 Å². The molecule has 0 saturated heterocycles. The fourth-order valence-electron chi connectivity index (χ4n) is 2.34. The highest BCUT2D eigenvalue weighted by molar-refractivity contribution is 7.12. The molecule has 0 bridgehead atoms. The third-order valence-corrected chi connectivity index (χ3v) is 4.54. The molecule has 1 aromatic heterocycles. The SMILES string of the molecule is COc1cccc(C(C)(CC(=O)O)NC(=O)c2cc(OC)cs2)c1. The van der Waals surface area contributed by atoms with Crippen LogP contribution in [-0.2, 0) is 10.3 Å². The summed E-state index contributed by atoms with van der Waals surface area (Å²) in [4.78, 5) is 24.3. The standard InChI is InChI=1S/C17H19NO5S/c1-17(9-15(19)20,11-5-4-6-12(7-11)22-2)18-16(21)14-8-13(23-3)10-24-14/h4-8,10H,9H2,1-3H3,(H,18,21)(H,19,20). The minimum Gasteiger partial charge on any atom is -0.497 e. The number of methoxy groups -OCH3 is 2. The van der Waals surface area contributed by atoms with Crippen molar-refractivity contribution in [3.8, 4) is 11.5 Å². The minimum atomic E-state index is -1.07. The Morgan fingerprint density at radius 1 is 1.21 bits per heavy atom. The van der Waals surface area contributed by atoms with Gasteiger partial charge in [-0.05, 0) is 24.6 Å². The van der Waals surface area contributed by atoms with Crippen LogP contribution >= 0.6 is 11.3 Å². The first kappa shape index (κ1) is 17.8. The first-order valence-corrected chi connectivity index (χ1v) is 8.07. The number of amides is 1. The fraction of sp³-hybridized carbons (Fsp3) is 0.294. The Balaban J connectivity index is 2.32. The fourth-order valence-corrected chi connectivity index (χ4v) is 3.09. The molecule has 2 aromatic rings. The van der Waals surface area contributed by atoms with Crippen LogP contribution in [0.1, 0.15) is 28.6 Å². The third kappa shape index (κ3) is 4.05. The van der Waals surface area contributed by atoms with E-state index in [-0.39, 0.29) is 12.3 Å². The molecule has 0 aliphatic rings. The number of carboxylic acid groups (broad SMARTS) is 1. The largest absolute Gasteiger partial charge is 0.497 e. The maximum absolute atomic E-state index is 12.5. The van der Waals surface area contributed by atoms with E-state index in [1.807, 2.05) is 0 Å². The molecule has 0 saturated carbocycles. The van der Waals surface area contributed by atoms with Crippen LogP contribution in [0.4, 0.5) is 0 Å². The Bertz CT molecular complexity index is 742. The lowest BCUT2D eigenvalue weighted by Crippen LogP contribution is -2.44. The van der Waals surface area contributed by atoms with E-state index < -0.39 is 11.5 Å². The Morgan fingerprint density at radius 2 is 1.92 bits per heavy atom. The number of ether oxygens (including phenoxy) is 2. The van der Waals surface area contributed by atoms with E-state index in [0.717, 1.165) is 0 Å². The highest BCUT2D eigenvalue weighted by atomic mass is 32.1. The maximum atomic E-state index is 12.5. The highest BCUT2D eigenvalue weighted by Crippen LogP contribution is 2.29. The van der Waals surface area contributed by atoms with E-state index in [9.17, 15) is 14.7 Å². The van der Waals surface area contributed by atoms with E-state index in [4.69, 9.17) is 9.47 Å². The highest BCUT2D eigenvalue weighted by Gasteiger charge is 2.32. The van der Waals surface area contributed by atoms with Crippen molar-refractivity contribution in [2.75, 3.05) is 14.2 Å². The molecule has 7 heteroatoms. The zero-order valence-corrected chi connectivity index (χ0v) is 14.5. The van der Waals surface area contributed by atoms with Crippen LogP contribution in [0.25, 0.3) is 0 Å². The molecule has 0 spiro atoms. The van der Waals surface area contributed by atoms with Crippen molar-refractivity contribution in [1.29, 1.82) is 0 Å². The summed E-state index contributed by atoms with van der Waals surface area (Å²) in [6.07, 6.45) is -0.256. The molecule has 1 atom stereocenters. The number of carboxylic acids is 1. The lowest BCUT2D eigenvalue weighted by molar-refractivity contribution is -0.138. The summed E-state index contributed by atoms with van der Waals surface area (Å²) in [5.74, 6) is -0.179. The van der Waals surface area contributed by atoms with Crippen molar-refractivity contribution < 1.29 is 24.2 Å². The Kier molecular flexibility index (Phi) is 5.46. The van der Waals surface area contributed by atoms with Gasteiger partial charge in [0.2, 0.25) is 0 Å². The normalized spacial score (nSPS) is 13.0. The molecule has 1 unspecified atom stereocenters. The molecule has 0 aliphatic carbocycles. The zero-order valence-electron chi connectivity index (χ0n) is 13.7. The number of thiophene rings is 1. The van der Waals surface area contributed by atoms with Crippen LogP contribution in [0.15, 0.2) is 35.7 Å². The molecule has 1 heterocycles. The summed E-state index contributed by atoms with van der Waals surface area (Å²) >= 11 is 1.24. The van der Waals surface area contributed by atoms with Crippen LogP contribution in [0.2, 0.25) is 0 Å². The lowest BCUT2D eigenvalue weighted by Gasteiger charge is -2.30. The van der Waals surface area contributed by atoms with E-state index in [0.29, 0.717) is 21.9 Å². The van der Waals surface area contributed by atoms with Crippen LogP contribution in [0, 0.1) is 0 Å². The molecule has 2 N–H and O–H groups in total. The quantitative estimate of drug-likeness (QED) is 0.803. The van der Waals surface area contributed by atoms with Crippen molar-refractivity contribution in [2.45, 2.75) is 18.9 Å². The van der Waals surface area contributed by atoms with Gasteiger partial charge in [-0.3, -0.25) is 9.59 Å².